The minimum Gasteiger partial charge on any atom is -0.457 e. The summed E-state index contributed by atoms with van der Waals surface area (Å²) in [6, 6.07) is 22.4. The Kier molecular flexibility index (Phi) is 5.63. The highest BCUT2D eigenvalue weighted by atomic mass is 35.5. The van der Waals surface area contributed by atoms with Gasteiger partial charge in [-0.25, -0.2) is 4.79 Å². The number of pyridine rings is 1. The van der Waals surface area contributed by atoms with Gasteiger partial charge in [0.25, 0.3) is 0 Å². The number of ether oxygens (including phenoxy) is 1. The van der Waals surface area contributed by atoms with Gasteiger partial charge in [-0.1, -0.05) is 18.0 Å². The molecule has 0 atom stereocenters. The number of hydrogen-bond acceptors (Lipinski definition) is 5. The second-order valence-electron chi connectivity index (χ2n) is 8.84. The van der Waals surface area contributed by atoms with Gasteiger partial charge in [0.05, 0.1) is 11.2 Å². The molecule has 0 aliphatic heterocycles. The van der Waals surface area contributed by atoms with Crippen molar-refractivity contribution in [2.24, 2.45) is 0 Å². The van der Waals surface area contributed by atoms with Crippen molar-refractivity contribution in [3.05, 3.63) is 99.5 Å². The van der Waals surface area contributed by atoms with Gasteiger partial charge in [-0.3, -0.25) is 4.98 Å². The quantitative estimate of drug-likeness (QED) is 0.209. The fourth-order valence-electron chi connectivity index (χ4n) is 4.71. The predicted molar refractivity (Wildman–Crippen MR) is 140 cm³/mol. The van der Waals surface area contributed by atoms with E-state index in [1.807, 2.05) is 54.6 Å². The second-order valence-corrected chi connectivity index (χ2v) is 9.28. The minimum atomic E-state index is -0.381. The van der Waals surface area contributed by atoms with Crippen LogP contribution in [-0.2, 0) is 12.8 Å². The molecule has 0 saturated carbocycles. The SMILES string of the molecule is O=c1ccc2ccc(Oc3ccc(Nc4c5c(nc6cc(Cl)ccc46)CCCCC5)cc3)cc2o1. The molecule has 0 saturated heterocycles. The first-order valence-electron chi connectivity index (χ1n) is 11.8. The third-order valence-corrected chi connectivity index (χ3v) is 6.66. The van der Waals surface area contributed by atoms with Gasteiger partial charge in [-0.2, -0.15) is 0 Å². The molecule has 3 aromatic carbocycles. The number of hydrogen-bond donors (Lipinski definition) is 1. The van der Waals surface area contributed by atoms with Crippen LogP contribution in [0.15, 0.2) is 82.0 Å². The summed E-state index contributed by atoms with van der Waals surface area (Å²) >= 11 is 6.27. The fourth-order valence-corrected chi connectivity index (χ4v) is 4.88. The molecule has 2 aromatic heterocycles. The zero-order valence-corrected chi connectivity index (χ0v) is 19.8. The lowest BCUT2D eigenvalue weighted by molar-refractivity contribution is 0.480. The molecule has 0 spiro atoms. The highest BCUT2D eigenvalue weighted by Crippen LogP contribution is 2.36. The molecular formula is C29H23ClN2O3. The van der Waals surface area contributed by atoms with Crippen LogP contribution in [0.4, 0.5) is 11.4 Å². The van der Waals surface area contributed by atoms with E-state index in [2.05, 4.69) is 5.32 Å². The van der Waals surface area contributed by atoms with Crippen LogP contribution < -0.4 is 15.7 Å². The summed E-state index contributed by atoms with van der Waals surface area (Å²) in [6.45, 7) is 0. The maximum Gasteiger partial charge on any atom is 0.336 e. The van der Waals surface area contributed by atoms with E-state index < -0.39 is 0 Å². The molecular weight excluding hydrogens is 460 g/mol. The molecule has 174 valence electrons. The molecule has 6 rings (SSSR count). The fraction of sp³-hybridized carbons (Fsp3) is 0.172. The van der Waals surface area contributed by atoms with E-state index in [1.165, 1.54) is 30.2 Å². The number of nitrogens with zero attached hydrogens (tertiary/aromatic N) is 1. The van der Waals surface area contributed by atoms with Gasteiger partial charge >= 0.3 is 5.63 Å². The Balaban J connectivity index is 1.30. The summed E-state index contributed by atoms with van der Waals surface area (Å²) in [6.07, 6.45) is 5.56. The van der Waals surface area contributed by atoms with E-state index in [9.17, 15) is 4.79 Å². The van der Waals surface area contributed by atoms with E-state index in [1.54, 1.807) is 12.1 Å². The predicted octanol–water partition coefficient (Wildman–Crippen LogP) is 7.80. The van der Waals surface area contributed by atoms with Crippen molar-refractivity contribution in [1.29, 1.82) is 0 Å². The van der Waals surface area contributed by atoms with E-state index in [0.717, 1.165) is 46.9 Å². The van der Waals surface area contributed by atoms with Gasteiger partial charge in [-0.05, 0) is 91.9 Å². The van der Waals surface area contributed by atoms with E-state index in [4.69, 9.17) is 25.7 Å². The molecule has 0 unspecified atom stereocenters. The Morgan fingerprint density at radius 1 is 0.857 bits per heavy atom. The lowest BCUT2D eigenvalue weighted by atomic mass is 10.0. The summed E-state index contributed by atoms with van der Waals surface area (Å²) in [5.74, 6) is 1.30. The first-order chi connectivity index (χ1) is 17.1. The molecule has 0 bridgehead atoms. The molecule has 1 N–H and O–H groups in total. The number of aryl methyl sites for hydroxylation is 1. The van der Waals surface area contributed by atoms with Gasteiger partial charge in [0, 0.05) is 39.3 Å². The van der Waals surface area contributed by atoms with Gasteiger partial charge in [-0.15, -0.1) is 0 Å². The van der Waals surface area contributed by atoms with Crippen LogP contribution in [0.2, 0.25) is 5.02 Å². The summed E-state index contributed by atoms with van der Waals surface area (Å²) in [4.78, 5) is 16.5. The minimum absolute atomic E-state index is 0.381. The number of fused-ring (bicyclic) bond motifs is 3. The number of rotatable bonds is 4. The molecule has 35 heavy (non-hydrogen) atoms. The lowest BCUT2D eigenvalue weighted by Crippen LogP contribution is -2.03. The average Bonchev–Trinajstić information content (AvgIpc) is 3.10. The highest BCUT2D eigenvalue weighted by molar-refractivity contribution is 6.31. The van der Waals surface area contributed by atoms with Crippen molar-refractivity contribution in [2.75, 3.05) is 5.32 Å². The lowest BCUT2D eigenvalue weighted by Gasteiger charge is -2.18. The van der Waals surface area contributed by atoms with Gasteiger partial charge in [0.2, 0.25) is 0 Å². The second kappa shape index (κ2) is 9.08. The van der Waals surface area contributed by atoms with E-state index >= 15 is 0 Å². The Labute approximate surface area is 207 Å². The Bertz CT molecular complexity index is 1610. The van der Waals surface area contributed by atoms with Crippen molar-refractivity contribution in [3.63, 3.8) is 0 Å². The van der Waals surface area contributed by atoms with Crippen molar-refractivity contribution in [2.45, 2.75) is 32.1 Å². The summed E-state index contributed by atoms with van der Waals surface area (Å²) in [5, 5.41) is 6.27. The Morgan fingerprint density at radius 3 is 2.54 bits per heavy atom. The molecule has 6 heteroatoms. The molecule has 1 aliphatic rings. The summed E-state index contributed by atoms with van der Waals surface area (Å²) in [5.41, 5.74) is 5.59. The highest BCUT2D eigenvalue weighted by Gasteiger charge is 2.18. The zero-order valence-electron chi connectivity index (χ0n) is 19.0. The van der Waals surface area contributed by atoms with Crippen LogP contribution in [0.5, 0.6) is 11.5 Å². The van der Waals surface area contributed by atoms with Crippen molar-refractivity contribution >= 4 is 44.8 Å². The van der Waals surface area contributed by atoms with E-state index in [0.29, 0.717) is 22.1 Å². The first-order valence-corrected chi connectivity index (χ1v) is 12.2. The molecule has 5 nitrogen and oxygen atoms in total. The molecule has 5 aromatic rings. The molecule has 2 heterocycles. The van der Waals surface area contributed by atoms with Crippen LogP contribution in [0.1, 0.15) is 30.5 Å². The van der Waals surface area contributed by atoms with Gasteiger partial charge < -0.3 is 14.5 Å². The first kappa shape index (κ1) is 21.7. The van der Waals surface area contributed by atoms with Gasteiger partial charge in [0.15, 0.2) is 0 Å². The number of anilines is 2. The summed E-state index contributed by atoms with van der Waals surface area (Å²) < 4.78 is 11.3. The molecule has 1 aliphatic carbocycles. The van der Waals surface area contributed by atoms with Crippen LogP contribution in [0.25, 0.3) is 21.9 Å². The van der Waals surface area contributed by atoms with Crippen molar-refractivity contribution < 1.29 is 9.15 Å². The number of benzene rings is 3. The molecule has 0 radical (unpaired) electrons. The van der Waals surface area contributed by atoms with Crippen LogP contribution in [0.3, 0.4) is 0 Å². The Morgan fingerprint density at radius 2 is 1.66 bits per heavy atom. The van der Waals surface area contributed by atoms with Crippen LogP contribution in [-0.4, -0.2) is 4.98 Å². The molecule has 0 amide bonds. The number of aromatic nitrogens is 1. The maximum atomic E-state index is 11.5. The zero-order chi connectivity index (χ0) is 23.8. The van der Waals surface area contributed by atoms with Crippen molar-refractivity contribution in [3.8, 4) is 11.5 Å². The smallest absolute Gasteiger partial charge is 0.336 e. The largest absolute Gasteiger partial charge is 0.457 e. The monoisotopic (exact) mass is 482 g/mol. The maximum absolute atomic E-state index is 11.5. The topological polar surface area (TPSA) is 64.4 Å². The standard InChI is InChI=1S/C29H23ClN2O3/c30-19-8-14-24-26(16-19)32-25-5-3-1-2-4-23(25)29(24)31-20-9-12-21(13-10-20)34-22-11-6-18-7-15-28(33)35-27(18)17-22/h6-17H,1-5H2,(H,31,32). The summed E-state index contributed by atoms with van der Waals surface area (Å²) in [7, 11) is 0. The number of halogens is 1. The van der Waals surface area contributed by atoms with E-state index in [-0.39, 0.29) is 5.63 Å². The van der Waals surface area contributed by atoms with Crippen LogP contribution >= 0.6 is 11.6 Å². The van der Waals surface area contributed by atoms with Gasteiger partial charge in [0.1, 0.15) is 17.1 Å². The number of nitrogens with one attached hydrogen (secondary N) is 1. The third-order valence-electron chi connectivity index (χ3n) is 6.43. The normalized spacial score (nSPS) is 13.4. The third kappa shape index (κ3) is 4.47. The van der Waals surface area contributed by atoms with Crippen LogP contribution in [0, 0.1) is 0 Å². The average molecular weight is 483 g/mol. The molecule has 0 fully saturated rings. The van der Waals surface area contributed by atoms with Crippen molar-refractivity contribution in [1.82, 2.24) is 4.98 Å². The Hall–Kier alpha value is -3.83.